The molecule has 0 saturated heterocycles. The minimum Gasteiger partial charge on any atom is -0.327 e. The molecule has 0 aliphatic carbocycles. The largest absolute Gasteiger partial charge is 0.327 e. The first-order chi connectivity index (χ1) is 8.97. The Morgan fingerprint density at radius 2 is 2.21 bits per heavy atom. The monoisotopic (exact) mass is 261 g/mol. The molecule has 0 spiro atoms. The zero-order chi connectivity index (χ0) is 14.0. The van der Waals surface area contributed by atoms with Crippen molar-refractivity contribution < 1.29 is 4.79 Å². The second-order valence-corrected chi connectivity index (χ2v) is 5.58. The normalized spacial score (nSPS) is 16.1. The topological polar surface area (TPSA) is 49.6 Å². The van der Waals surface area contributed by atoms with E-state index in [2.05, 4.69) is 30.1 Å². The number of benzene rings is 1. The van der Waals surface area contributed by atoms with Gasteiger partial charge < -0.3 is 15.5 Å². The predicted molar refractivity (Wildman–Crippen MR) is 78.4 cm³/mol. The summed E-state index contributed by atoms with van der Waals surface area (Å²) in [5, 5.41) is 0. The van der Waals surface area contributed by atoms with Gasteiger partial charge in [-0.25, -0.2) is 0 Å². The van der Waals surface area contributed by atoms with Crippen LogP contribution in [0.15, 0.2) is 18.2 Å². The van der Waals surface area contributed by atoms with Crippen LogP contribution in [0, 0.1) is 0 Å². The maximum absolute atomic E-state index is 11.6. The molecule has 0 saturated carbocycles. The van der Waals surface area contributed by atoms with Crippen LogP contribution in [0.2, 0.25) is 0 Å². The predicted octanol–water partition coefficient (Wildman–Crippen LogP) is 1.03. The highest BCUT2D eigenvalue weighted by molar-refractivity contribution is 6.00. The summed E-state index contributed by atoms with van der Waals surface area (Å²) in [6.07, 6.45) is 1.53. The van der Waals surface area contributed by atoms with Crippen molar-refractivity contribution in [2.24, 2.45) is 5.73 Å². The molecule has 1 heterocycles. The maximum atomic E-state index is 11.6. The van der Waals surface area contributed by atoms with Crippen LogP contribution in [0.25, 0.3) is 0 Å². The van der Waals surface area contributed by atoms with Crippen molar-refractivity contribution in [2.75, 3.05) is 32.1 Å². The Morgan fingerprint density at radius 3 is 2.89 bits per heavy atom. The van der Waals surface area contributed by atoms with E-state index in [1.54, 1.807) is 4.90 Å². The van der Waals surface area contributed by atoms with Gasteiger partial charge in [0.2, 0.25) is 5.91 Å². The number of hydrogen-bond donors (Lipinski definition) is 1. The molecule has 104 valence electrons. The van der Waals surface area contributed by atoms with E-state index < -0.39 is 0 Å². The zero-order valence-corrected chi connectivity index (χ0v) is 12.0. The number of hydrogen-bond acceptors (Lipinski definition) is 3. The average molecular weight is 261 g/mol. The molecule has 1 atom stereocenters. The summed E-state index contributed by atoms with van der Waals surface area (Å²) in [6.45, 7) is 3.92. The van der Waals surface area contributed by atoms with Gasteiger partial charge >= 0.3 is 0 Å². The summed E-state index contributed by atoms with van der Waals surface area (Å²) in [7, 11) is 3.93. The fourth-order valence-corrected chi connectivity index (χ4v) is 2.58. The molecule has 1 aliphatic rings. The molecule has 4 heteroatoms. The summed E-state index contributed by atoms with van der Waals surface area (Å²) in [4.78, 5) is 15.6. The van der Waals surface area contributed by atoms with Gasteiger partial charge in [-0.2, -0.15) is 0 Å². The first-order valence-corrected chi connectivity index (χ1v) is 6.80. The molecule has 0 radical (unpaired) electrons. The fourth-order valence-electron chi connectivity index (χ4n) is 2.58. The number of rotatable bonds is 5. The smallest absolute Gasteiger partial charge is 0.231 e. The summed E-state index contributed by atoms with van der Waals surface area (Å²) in [5.41, 5.74) is 9.28. The highest BCUT2D eigenvalue weighted by Crippen LogP contribution is 2.28. The Labute approximate surface area is 115 Å². The van der Waals surface area contributed by atoms with Gasteiger partial charge in [0, 0.05) is 31.9 Å². The molecule has 1 aromatic rings. The molecule has 1 aliphatic heterocycles. The second-order valence-electron chi connectivity index (χ2n) is 5.58. The van der Waals surface area contributed by atoms with Crippen molar-refractivity contribution in [1.82, 2.24) is 4.90 Å². The van der Waals surface area contributed by atoms with E-state index in [1.807, 2.05) is 14.0 Å². The van der Waals surface area contributed by atoms with Crippen molar-refractivity contribution in [3.05, 3.63) is 29.3 Å². The van der Waals surface area contributed by atoms with E-state index in [-0.39, 0.29) is 11.9 Å². The van der Waals surface area contributed by atoms with Gasteiger partial charge in [-0.3, -0.25) is 4.79 Å². The van der Waals surface area contributed by atoms with Gasteiger partial charge in [-0.1, -0.05) is 12.1 Å². The van der Waals surface area contributed by atoms with Gasteiger partial charge in [-0.15, -0.1) is 0 Å². The molecule has 0 fully saturated rings. The lowest BCUT2D eigenvalue weighted by Crippen LogP contribution is -2.34. The van der Waals surface area contributed by atoms with Crippen molar-refractivity contribution in [2.45, 2.75) is 25.8 Å². The first kappa shape index (κ1) is 14.0. The van der Waals surface area contributed by atoms with Crippen LogP contribution in [0.3, 0.4) is 0 Å². The molecule has 1 amide bonds. The lowest BCUT2D eigenvalue weighted by atomic mass is 10.1. The highest BCUT2D eigenvalue weighted by atomic mass is 16.2. The van der Waals surface area contributed by atoms with Crippen molar-refractivity contribution >= 4 is 11.6 Å². The van der Waals surface area contributed by atoms with Crippen LogP contribution in [0.1, 0.15) is 18.1 Å². The van der Waals surface area contributed by atoms with Crippen LogP contribution in [-0.2, 0) is 17.6 Å². The Hall–Kier alpha value is -1.39. The molecular formula is C15H23N3O. The second kappa shape index (κ2) is 5.72. The minimum absolute atomic E-state index is 0.182. The molecule has 0 aromatic heterocycles. The summed E-state index contributed by atoms with van der Waals surface area (Å²) in [5.74, 6) is 0.182. The first-order valence-electron chi connectivity index (χ1n) is 6.80. The molecule has 1 aromatic carbocycles. The number of likely N-dealkylation sites (N-methyl/N-ethyl adjacent to an activating group) is 2. The molecule has 2 N–H and O–H groups in total. The lowest BCUT2D eigenvalue weighted by Gasteiger charge is -2.19. The molecule has 1 unspecified atom stereocenters. The van der Waals surface area contributed by atoms with Crippen LogP contribution in [-0.4, -0.2) is 44.0 Å². The third-order valence-electron chi connectivity index (χ3n) is 3.60. The Kier molecular flexibility index (Phi) is 4.22. The molecular weight excluding hydrogens is 238 g/mol. The Bertz CT molecular complexity index is 470. The van der Waals surface area contributed by atoms with Gasteiger partial charge in [0.05, 0.1) is 6.42 Å². The Morgan fingerprint density at radius 1 is 1.47 bits per heavy atom. The van der Waals surface area contributed by atoms with E-state index in [0.29, 0.717) is 6.42 Å². The summed E-state index contributed by atoms with van der Waals surface area (Å²) < 4.78 is 0. The van der Waals surface area contributed by atoms with Crippen molar-refractivity contribution in [1.29, 1.82) is 0 Å². The molecule has 0 bridgehead atoms. The summed E-state index contributed by atoms with van der Waals surface area (Å²) >= 11 is 0. The number of anilines is 1. The van der Waals surface area contributed by atoms with E-state index >= 15 is 0 Å². The highest BCUT2D eigenvalue weighted by Gasteiger charge is 2.23. The standard InChI is InChI=1S/C15H23N3O/c1-11(16)10-17(2)7-6-12-4-5-14-13(8-12)9-15(19)18(14)3/h4-5,8,11H,6-7,9-10,16H2,1-3H3. The number of nitrogens with two attached hydrogens (primary N) is 1. The van der Waals surface area contributed by atoms with Crippen molar-refractivity contribution in [3.63, 3.8) is 0 Å². The SMILES string of the molecule is CC(N)CN(C)CCc1ccc2c(c1)CC(=O)N2C. The van der Waals surface area contributed by atoms with Gasteiger partial charge in [0.25, 0.3) is 0 Å². The maximum Gasteiger partial charge on any atom is 0.231 e. The van der Waals surface area contributed by atoms with Gasteiger partial charge in [-0.05, 0) is 37.6 Å². The summed E-state index contributed by atoms with van der Waals surface area (Å²) in [6, 6.07) is 6.54. The van der Waals surface area contributed by atoms with Crippen LogP contribution >= 0.6 is 0 Å². The van der Waals surface area contributed by atoms with Crippen molar-refractivity contribution in [3.8, 4) is 0 Å². The quantitative estimate of drug-likeness (QED) is 0.861. The fraction of sp³-hybridized carbons (Fsp3) is 0.533. The zero-order valence-electron chi connectivity index (χ0n) is 12.0. The van der Waals surface area contributed by atoms with E-state index in [0.717, 1.165) is 30.8 Å². The number of carbonyl (C=O) groups is 1. The molecule has 2 rings (SSSR count). The third-order valence-corrected chi connectivity index (χ3v) is 3.60. The number of amides is 1. The van der Waals surface area contributed by atoms with Crippen LogP contribution in [0.4, 0.5) is 5.69 Å². The van der Waals surface area contributed by atoms with E-state index in [1.165, 1.54) is 5.56 Å². The Balaban J connectivity index is 1.97. The van der Waals surface area contributed by atoms with Gasteiger partial charge in [0.1, 0.15) is 0 Å². The number of nitrogens with zero attached hydrogens (tertiary/aromatic N) is 2. The van der Waals surface area contributed by atoms with E-state index in [9.17, 15) is 4.79 Å². The minimum atomic E-state index is 0.182. The van der Waals surface area contributed by atoms with Crippen LogP contribution < -0.4 is 10.6 Å². The molecule has 19 heavy (non-hydrogen) atoms. The lowest BCUT2D eigenvalue weighted by molar-refractivity contribution is -0.117. The number of fused-ring (bicyclic) bond motifs is 1. The van der Waals surface area contributed by atoms with Crippen LogP contribution in [0.5, 0.6) is 0 Å². The number of carbonyl (C=O) groups excluding carboxylic acids is 1. The average Bonchev–Trinajstić information content (AvgIpc) is 2.61. The van der Waals surface area contributed by atoms with E-state index in [4.69, 9.17) is 5.73 Å². The van der Waals surface area contributed by atoms with Gasteiger partial charge in [0.15, 0.2) is 0 Å². The third kappa shape index (κ3) is 3.33. The molecule has 4 nitrogen and oxygen atoms in total.